The summed E-state index contributed by atoms with van der Waals surface area (Å²) >= 11 is 1.82. The van der Waals surface area contributed by atoms with E-state index in [0.29, 0.717) is 6.04 Å². The number of hydrazine groups is 1. The molecule has 3 N–H and O–H groups in total. The maximum Gasteiger partial charge on any atom is 0.208 e. The highest BCUT2D eigenvalue weighted by Crippen LogP contribution is 2.03. The van der Waals surface area contributed by atoms with Crippen LogP contribution in [-0.4, -0.2) is 42.5 Å². The van der Waals surface area contributed by atoms with Crippen molar-refractivity contribution >= 4 is 17.7 Å². The summed E-state index contributed by atoms with van der Waals surface area (Å²) in [6.07, 6.45) is 2.09. The van der Waals surface area contributed by atoms with Crippen LogP contribution >= 0.6 is 11.8 Å². The zero-order chi connectivity index (χ0) is 10.3. The summed E-state index contributed by atoms with van der Waals surface area (Å²) in [5.74, 6) is 7.19. The van der Waals surface area contributed by atoms with Gasteiger partial charge in [-0.15, -0.1) is 0 Å². The second kappa shape index (κ2) is 7.03. The second-order valence-corrected chi connectivity index (χ2v) is 3.77. The van der Waals surface area contributed by atoms with Gasteiger partial charge in [-0.05, 0) is 20.1 Å². The molecular formula is C8H20N4S. The molecule has 0 aliphatic carbocycles. The molecule has 0 aromatic carbocycles. The molecule has 0 bridgehead atoms. The van der Waals surface area contributed by atoms with E-state index in [-0.39, 0.29) is 0 Å². The minimum Gasteiger partial charge on any atom is -0.341 e. The maximum atomic E-state index is 5.36. The lowest BCUT2D eigenvalue weighted by molar-refractivity contribution is 0.407. The van der Waals surface area contributed by atoms with Gasteiger partial charge in [-0.1, -0.05) is 0 Å². The highest BCUT2D eigenvalue weighted by molar-refractivity contribution is 7.98. The predicted octanol–water partition coefficient (Wildman–Crippen LogP) is 0.509. The Morgan fingerprint density at radius 2 is 2.31 bits per heavy atom. The zero-order valence-corrected chi connectivity index (χ0v) is 9.69. The highest BCUT2D eigenvalue weighted by atomic mass is 32.2. The fourth-order valence-electron chi connectivity index (χ4n) is 0.971. The number of nitrogens with one attached hydrogen (secondary N) is 1. The van der Waals surface area contributed by atoms with Crippen molar-refractivity contribution in [2.75, 3.05) is 25.6 Å². The summed E-state index contributed by atoms with van der Waals surface area (Å²) in [6.45, 7) is 4.89. The molecule has 5 heteroatoms. The Morgan fingerprint density at radius 3 is 2.69 bits per heavy atom. The molecule has 0 saturated heterocycles. The molecule has 0 amide bonds. The molecular weight excluding hydrogens is 184 g/mol. The van der Waals surface area contributed by atoms with Gasteiger partial charge >= 0.3 is 0 Å². The molecule has 0 rings (SSSR count). The topological polar surface area (TPSA) is 53.6 Å². The Kier molecular flexibility index (Phi) is 6.80. The molecule has 0 aromatic heterocycles. The lowest BCUT2D eigenvalue weighted by Crippen LogP contribution is -2.47. The Morgan fingerprint density at radius 1 is 1.69 bits per heavy atom. The van der Waals surface area contributed by atoms with Crippen LogP contribution in [0.25, 0.3) is 0 Å². The second-order valence-electron chi connectivity index (χ2n) is 2.86. The van der Waals surface area contributed by atoms with Crippen molar-refractivity contribution < 1.29 is 0 Å². The maximum absolute atomic E-state index is 5.36. The quantitative estimate of drug-likeness (QED) is 0.303. The molecule has 0 aliphatic rings. The van der Waals surface area contributed by atoms with E-state index in [1.807, 2.05) is 25.7 Å². The van der Waals surface area contributed by atoms with Gasteiger partial charge in [0.15, 0.2) is 0 Å². The fraction of sp³-hybridized carbons (Fsp3) is 0.875. The Bertz CT molecular complexity index is 160. The molecule has 4 nitrogen and oxygen atoms in total. The molecule has 1 atom stereocenters. The van der Waals surface area contributed by atoms with Gasteiger partial charge in [0.1, 0.15) is 0 Å². The van der Waals surface area contributed by atoms with Crippen molar-refractivity contribution in [3.63, 3.8) is 0 Å². The van der Waals surface area contributed by atoms with Crippen molar-refractivity contribution in [1.82, 2.24) is 10.3 Å². The molecule has 0 radical (unpaired) electrons. The summed E-state index contributed by atoms with van der Waals surface area (Å²) in [5.41, 5.74) is 2.61. The number of nitrogens with two attached hydrogens (primary N) is 1. The van der Waals surface area contributed by atoms with Gasteiger partial charge in [-0.2, -0.15) is 11.8 Å². The molecule has 0 aliphatic heterocycles. The lowest BCUT2D eigenvalue weighted by atomic mass is 10.3. The van der Waals surface area contributed by atoms with E-state index in [1.54, 1.807) is 0 Å². The first-order chi connectivity index (χ1) is 6.17. The third-order valence-electron chi connectivity index (χ3n) is 1.84. The van der Waals surface area contributed by atoms with Crippen LogP contribution in [0.4, 0.5) is 0 Å². The zero-order valence-electron chi connectivity index (χ0n) is 8.87. The number of rotatable bonds is 4. The summed E-state index contributed by atoms with van der Waals surface area (Å²) in [5, 5.41) is 0. The van der Waals surface area contributed by atoms with E-state index in [2.05, 4.69) is 28.5 Å². The molecule has 0 spiro atoms. The molecule has 13 heavy (non-hydrogen) atoms. The Balaban J connectivity index is 4.18. The van der Waals surface area contributed by atoms with Crippen LogP contribution in [0.15, 0.2) is 4.99 Å². The number of guanidine groups is 1. The smallest absolute Gasteiger partial charge is 0.208 e. The monoisotopic (exact) mass is 204 g/mol. The van der Waals surface area contributed by atoms with E-state index < -0.39 is 0 Å². The first-order valence-electron chi connectivity index (χ1n) is 4.40. The van der Waals surface area contributed by atoms with Crippen molar-refractivity contribution in [3.8, 4) is 0 Å². The molecule has 0 saturated carbocycles. The first kappa shape index (κ1) is 12.6. The SMILES string of the molecule is CCN=C(NN)N(C)C(C)CSC. The number of hydrogen-bond donors (Lipinski definition) is 2. The molecule has 1 unspecified atom stereocenters. The molecule has 0 aromatic rings. The summed E-state index contributed by atoms with van der Waals surface area (Å²) < 4.78 is 0. The van der Waals surface area contributed by atoms with Crippen LogP contribution in [-0.2, 0) is 0 Å². The van der Waals surface area contributed by atoms with Crippen LogP contribution in [0.5, 0.6) is 0 Å². The molecule has 78 valence electrons. The minimum absolute atomic E-state index is 0.441. The standard InChI is InChI=1S/C8H20N4S/c1-5-10-8(11-9)12(3)7(2)6-13-4/h7H,5-6,9H2,1-4H3,(H,10,11). The fourth-order valence-corrected chi connectivity index (χ4v) is 1.68. The highest BCUT2D eigenvalue weighted by Gasteiger charge is 2.11. The summed E-state index contributed by atoms with van der Waals surface area (Å²) in [6, 6.07) is 0.441. The Labute approximate surface area is 84.9 Å². The normalized spacial score (nSPS) is 14.1. The average molecular weight is 204 g/mol. The van der Waals surface area contributed by atoms with Crippen LogP contribution < -0.4 is 11.3 Å². The van der Waals surface area contributed by atoms with Gasteiger partial charge in [0, 0.05) is 25.4 Å². The first-order valence-corrected chi connectivity index (χ1v) is 5.79. The minimum atomic E-state index is 0.441. The summed E-state index contributed by atoms with van der Waals surface area (Å²) in [4.78, 5) is 6.30. The van der Waals surface area contributed by atoms with Crippen molar-refractivity contribution in [3.05, 3.63) is 0 Å². The van der Waals surface area contributed by atoms with Gasteiger partial charge < -0.3 is 4.90 Å². The van der Waals surface area contributed by atoms with Gasteiger partial charge in [-0.3, -0.25) is 10.4 Å². The molecule has 0 fully saturated rings. The van der Waals surface area contributed by atoms with E-state index in [9.17, 15) is 0 Å². The largest absolute Gasteiger partial charge is 0.341 e. The van der Waals surface area contributed by atoms with Gasteiger partial charge in [0.25, 0.3) is 0 Å². The number of hydrogen-bond acceptors (Lipinski definition) is 3. The van der Waals surface area contributed by atoms with Crippen molar-refractivity contribution in [1.29, 1.82) is 0 Å². The molecule has 0 heterocycles. The average Bonchev–Trinajstić information content (AvgIpc) is 2.13. The van der Waals surface area contributed by atoms with Crippen molar-refractivity contribution in [2.45, 2.75) is 19.9 Å². The van der Waals surface area contributed by atoms with E-state index in [4.69, 9.17) is 5.84 Å². The number of aliphatic imine (C=N–C) groups is 1. The van der Waals surface area contributed by atoms with Crippen molar-refractivity contribution in [2.24, 2.45) is 10.8 Å². The lowest BCUT2D eigenvalue weighted by Gasteiger charge is -2.26. The number of nitrogens with zero attached hydrogens (tertiary/aromatic N) is 2. The number of thioether (sulfide) groups is 1. The summed E-state index contributed by atoms with van der Waals surface area (Å²) in [7, 11) is 2.00. The van der Waals surface area contributed by atoms with Crippen LogP contribution in [0, 0.1) is 0 Å². The van der Waals surface area contributed by atoms with Gasteiger partial charge in [0.05, 0.1) is 0 Å². The third kappa shape index (κ3) is 4.38. The van der Waals surface area contributed by atoms with Crippen LogP contribution in [0.3, 0.4) is 0 Å². The third-order valence-corrected chi connectivity index (χ3v) is 2.66. The predicted molar refractivity (Wildman–Crippen MR) is 60.9 cm³/mol. The van der Waals surface area contributed by atoms with E-state index in [0.717, 1.165) is 18.3 Å². The Hall–Kier alpha value is -0.420. The van der Waals surface area contributed by atoms with Gasteiger partial charge in [0.2, 0.25) is 5.96 Å². The van der Waals surface area contributed by atoms with E-state index >= 15 is 0 Å². The van der Waals surface area contributed by atoms with Crippen LogP contribution in [0.2, 0.25) is 0 Å². The van der Waals surface area contributed by atoms with E-state index in [1.165, 1.54) is 0 Å². The van der Waals surface area contributed by atoms with Crippen LogP contribution in [0.1, 0.15) is 13.8 Å². The van der Waals surface area contributed by atoms with Gasteiger partial charge in [-0.25, -0.2) is 5.84 Å².